The smallest absolute Gasteiger partial charge is 0.293 e. The number of aromatic amines is 1. The summed E-state index contributed by atoms with van der Waals surface area (Å²) in [6.07, 6.45) is 8.00. The maximum absolute atomic E-state index is 14.2. The van der Waals surface area contributed by atoms with Gasteiger partial charge in [0.25, 0.3) is 21.6 Å². The number of nitrogens with one attached hydrogen (secondary N) is 3. The molecule has 10 rings (SSSR count). The third-order valence-electron chi connectivity index (χ3n) is 15.4. The van der Waals surface area contributed by atoms with Crippen LogP contribution < -0.4 is 19.7 Å². The molecule has 2 aromatic heterocycles. The van der Waals surface area contributed by atoms with Gasteiger partial charge >= 0.3 is 0 Å². The fourth-order valence-corrected chi connectivity index (χ4v) is 12.4. The zero-order valence-electron chi connectivity index (χ0n) is 40.6. The SMILES string of the molecule is CC(C)c1ccccc1[C@@H]1CN(Cc2ccc(F)c(F)c2)CCN1C1CC2(C1)CN(c1ccc(C(=O)NS(=O)(=O)c3ccc(NC[C@H]4CC[C@](C)(O)CC4)c([N+](=O)[O-])c3)c(Oc3cnc4[nH]ccc4c3)c1)C2. The summed E-state index contributed by atoms with van der Waals surface area (Å²) in [7, 11) is -4.61. The number of hydrogen-bond donors (Lipinski definition) is 4. The molecule has 0 bridgehead atoms. The highest BCUT2D eigenvalue weighted by atomic mass is 32.2. The Balaban J connectivity index is 0.842. The second kappa shape index (κ2) is 19.5. The molecule has 72 heavy (non-hydrogen) atoms. The van der Waals surface area contributed by atoms with Crippen LogP contribution in [-0.2, 0) is 16.6 Å². The predicted octanol–water partition coefficient (Wildman–Crippen LogP) is 9.66. The van der Waals surface area contributed by atoms with Crippen molar-refractivity contribution in [2.24, 2.45) is 11.3 Å². The molecule has 4 fully saturated rings. The summed E-state index contributed by atoms with van der Waals surface area (Å²) in [5, 5.41) is 26.4. The Hall–Kier alpha value is -6.47. The van der Waals surface area contributed by atoms with Crippen molar-refractivity contribution in [3.63, 3.8) is 0 Å². The Bertz CT molecular complexity index is 3120. The molecule has 4 aromatic carbocycles. The van der Waals surface area contributed by atoms with E-state index in [9.17, 15) is 37.2 Å². The molecule has 1 atom stereocenters. The van der Waals surface area contributed by atoms with Gasteiger partial charge < -0.3 is 25.0 Å². The van der Waals surface area contributed by atoms with Crippen LogP contribution in [0.4, 0.5) is 25.8 Å². The van der Waals surface area contributed by atoms with Gasteiger partial charge in [0, 0.05) is 92.7 Å². The van der Waals surface area contributed by atoms with Crippen LogP contribution in [0.5, 0.6) is 11.5 Å². The van der Waals surface area contributed by atoms with E-state index in [1.54, 1.807) is 37.4 Å². The summed E-state index contributed by atoms with van der Waals surface area (Å²) in [6, 6.07) is 25.4. The number of aliphatic hydroxyl groups is 1. The van der Waals surface area contributed by atoms with E-state index in [1.165, 1.54) is 47.7 Å². The predicted molar refractivity (Wildman–Crippen MR) is 271 cm³/mol. The molecule has 4 heterocycles. The third kappa shape index (κ3) is 10.3. The molecule has 4 aliphatic rings. The molecule has 0 unspecified atom stereocenters. The van der Waals surface area contributed by atoms with Crippen LogP contribution in [0, 0.1) is 33.1 Å². The lowest BCUT2D eigenvalue weighted by molar-refractivity contribution is -0.384. The average molecular weight is 1000 g/mol. The number of anilines is 2. The van der Waals surface area contributed by atoms with Crippen LogP contribution in [0.25, 0.3) is 11.0 Å². The number of sulfonamides is 1. The Labute approximate surface area is 417 Å². The van der Waals surface area contributed by atoms with Gasteiger partial charge in [-0.05, 0) is 123 Å². The van der Waals surface area contributed by atoms with Crippen molar-refractivity contribution in [1.29, 1.82) is 0 Å². The minimum Gasteiger partial charge on any atom is -0.455 e. The van der Waals surface area contributed by atoms with Crippen molar-refractivity contribution in [1.82, 2.24) is 24.5 Å². The number of hydrogen-bond acceptors (Lipinski definition) is 12. The highest BCUT2D eigenvalue weighted by molar-refractivity contribution is 7.90. The summed E-state index contributed by atoms with van der Waals surface area (Å²) in [5.41, 5.74) is 3.77. The van der Waals surface area contributed by atoms with Crippen LogP contribution >= 0.6 is 0 Å². The first kappa shape index (κ1) is 49.1. The molecule has 4 N–H and O–H groups in total. The average Bonchev–Trinajstić information content (AvgIpc) is 3.80. The van der Waals surface area contributed by atoms with Crippen LogP contribution in [0.2, 0.25) is 0 Å². The second-order valence-electron chi connectivity index (χ2n) is 21.0. The number of carbonyl (C=O) groups excluding carboxylic acids is 1. The highest BCUT2D eigenvalue weighted by Crippen LogP contribution is 2.54. The van der Waals surface area contributed by atoms with Gasteiger partial charge in [-0.25, -0.2) is 26.9 Å². The number of aromatic nitrogens is 2. The molecule has 1 amide bonds. The fraction of sp³-hybridized carbons (Fsp3) is 0.407. The fourth-order valence-electron chi connectivity index (χ4n) is 11.4. The number of carbonyl (C=O) groups is 1. The number of nitrogens with zero attached hydrogens (tertiary/aromatic N) is 5. The van der Waals surface area contributed by atoms with Gasteiger partial charge in [-0.1, -0.05) is 44.2 Å². The number of piperazine rings is 1. The summed E-state index contributed by atoms with van der Waals surface area (Å²) in [5.74, 6) is -1.73. The Morgan fingerprint density at radius 1 is 0.986 bits per heavy atom. The van der Waals surface area contributed by atoms with Crippen LogP contribution in [-0.4, -0.2) is 95.0 Å². The number of benzene rings is 4. The van der Waals surface area contributed by atoms with Crippen molar-refractivity contribution in [3.05, 3.63) is 147 Å². The Morgan fingerprint density at radius 3 is 2.51 bits per heavy atom. The summed E-state index contributed by atoms with van der Waals surface area (Å²) in [4.78, 5) is 39.8. The molecule has 15 nitrogen and oxygen atoms in total. The van der Waals surface area contributed by atoms with E-state index in [4.69, 9.17) is 4.74 Å². The Kier molecular flexibility index (Phi) is 13.3. The van der Waals surface area contributed by atoms with E-state index >= 15 is 0 Å². The number of rotatable bonds is 15. The molecule has 6 aromatic rings. The number of nitro benzene ring substituents is 1. The van der Waals surface area contributed by atoms with Crippen molar-refractivity contribution < 1.29 is 36.8 Å². The van der Waals surface area contributed by atoms with Gasteiger partial charge in [-0.15, -0.1) is 0 Å². The molecule has 2 aliphatic heterocycles. The van der Waals surface area contributed by atoms with Crippen molar-refractivity contribution >= 4 is 44.0 Å². The van der Waals surface area contributed by atoms with Gasteiger partial charge in [0.05, 0.1) is 27.2 Å². The molecule has 18 heteroatoms. The monoisotopic (exact) mass is 1000 g/mol. The largest absolute Gasteiger partial charge is 0.455 e. The second-order valence-corrected chi connectivity index (χ2v) is 22.7. The van der Waals surface area contributed by atoms with E-state index in [0.29, 0.717) is 49.3 Å². The van der Waals surface area contributed by atoms with Crippen molar-refractivity contribution in [2.45, 2.75) is 94.3 Å². The normalized spacial score (nSPS) is 21.6. The van der Waals surface area contributed by atoms with Gasteiger partial charge in [-0.2, -0.15) is 0 Å². The standard InChI is InChI=1S/C54H60F2N8O7S/c1-34(2)42-6-4-5-7-43(42)49-31-61(30-36-8-12-45(55)46(56)22-36)20-21-63(49)39-26-54(27-39)32-62(33-54)38-9-11-44(50(24-38)71-40-23-37-16-19-57-51(37)59-29-40)52(65)60-72(69,70)41-10-13-47(48(25-41)64(67)68)58-28-35-14-17-53(3,66)18-15-35/h4-13,16,19,22-25,29,34-35,39,49,58,66H,14-15,17-18,20-21,26-28,30-33H2,1-3H3,(H,57,59)(H,60,65)/t35-,49-,53-/m0/s1. The summed E-state index contributed by atoms with van der Waals surface area (Å²) >= 11 is 0. The molecule has 1 spiro atoms. The lowest BCUT2D eigenvalue weighted by atomic mass is 9.59. The van der Waals surface area contributed by atoms with E-state index in [1.807, 2.05) is 6.07 Å². The van der Waals surface area contributed by atoms with Crippen LogP contribution in [0.15, 0.2) is 108 Å². The lowest BCUT2D eigenvalue weighted by Gasteiger charge is -2.63. The molecule has 2 saturated heterocycles. The number of pyridine rings is 1. The van der Waals surface area contributed by atoms with Gasteiger partial charge in [0.2, 0.25) is 0 Å². The minimum absolute atomic E-state index is 0.0638. The molecule has 2 aliphatic carbocycles. The number of nitro groups is 1. The quantitative estimate of drug-likeness (QED) is 0.0565. The molecular weight excluding hydrogens is 943 g/mol. The molecule has 378 valence electrons. The zero-order chi connectivity index (χ0) is 50.5. The van der Waals surface area contributed by atoms with Gasteiger partial charge in [0.15, 0.2) is 11.6 Å². The number of fused-ring (bicyclic) bond motifs is 1. The number of H-pyrrole nitrogens is 1. The first-order chi connectivity index (χ1) is 34.4. The zero-order valence-corrected chi connectivity index (χ0v) is 41.4. The van der Waals surface area contributed by atoms with Gasteiger partial charge in [0.1, 0.15) is 22.8 Å². The summed E-state index contributed by atoms with van der Waals surface area (Å²) in [6.45, 7) is 11.1. The topological polar surface area (TPSA) is 186 Å². The number of ether oxygens (including phenoxy) is 1. The molecular formula is C54H60F2N8O7S. The molecule has 0 radical (unpaired) electrons. The highest BCUT2D eigenvalue weighted by Gasteiger charge is 2.55. The van der Waals surface area contributed by atoms with Crippen LogP contribution in [0.3, 0.4) is 0 Å². The first-order valence-electron chi connectivity index (χ1n) is 24.7. The maximum Gasteiger partial charge on any atom is 0.293 e. The van der Waals surface area contributed by atoms with Crippen molar-refractivity contribution in [3.8, 4) is 11.5 Å². The minimum atomic E-state index is -4.61. The van der Waals surface area contributed by atoms with E-state index in [2.05, 4.69) is 72.8 Å². The molecule has 2 saturated carbocycles. The number of halogens is 2. The maximum atomic E-state index is 14.2. The van der Waals surface area contributed by atoms with Gasteiger partial charge in [-0.3, -0.25) is 24.7 Å². The van der Waals surface area contributed by atoms with E-state index < -0.39 is 48.7 Å². The Morgan fingerprint density at radius 2 is 1.76 bits per heavy atom. The van der Waals surface area contributed by atoms with Crippen molar-refractivity contribution in [2.75, 3.05) is 49.5 Å². The lowest BCUT2D eigenvalue weighted by Crippen LogP contribution is -2.68. The van der Waals surface area contributed by atoms with E-state index in [-0.39, 0.29) is 34.4 Å². The van der Waals surface area contributed by atoms with Crippen LogP contribution in [0.1, 0.15) is 98.3 Å². The third-order valence-corrected chi connectivity index (χ3v) is 16.7. The first-order valence-corrected chi connectivity index (χ1v) is 26.2. The summed E-state index contributed by atoms with van der Waals surface area (Å²) < 4.78 is 64.1. The van der Waals surface area contributed by atoms with E-state index in [0.717, 1.165) is 81.1 Å². The number of amides is 1.